The van der Waals surface area contributed by atoms with Gasteiger partial charge in [-0.05, 0) is 67.9 Å². The summed E-state index contributed by atoms with van der Waals surface area (Å²) in [6.45, 7) is 4.74. The van der Waals surface area contributed by atoms with Crippen molar-refractivity contribution >= 4 is 23.2 Å². The number of carbonyl (C=O) groups excluding carboxylic acids is 2. The molecule has 0 aromatic heterocycles. The molecule has 0 radical (unpaired) electrons. The molecule has 36 heavy (non-hydrogen) atoms. The van der Waals surface area contributed by atoms with Crippen molar-refractivity contribution in [1.82, 2.24) is 9.80 Å². The average molecular weight is 489 g/mol. The van der Waals surface area contributed by atoms with Gasteiger partial charge in [0.1, 0.15) is 0 Å². The molecule has 2 atom stereocenters. The molecule has 0 N–H and O–H groups in total. The lowest BCUT2D eigenvalue weighted by molar-refractivity contribution is -0.116. The number of rotatable bonds is 4. The highest BCUT2D eigenvalue weighted by atomic mass is 16.2. The minimum Gasteiger partial charge on any atom is -0.378 e. The average Bonchev–Trinajstić information content (AvgIpc) is 3.69. The quantitative estimate of drug-likeness (QED) is 0.621. The van der Waals surface area contributed by atoms with Crippen LogP contribution in [0.2, 0.25) is 0 Å². The van der Waals surface area contributed by atoms with Gasteiger partial charge in [-0.1, -0.05) is 30.7 Å². The second-order valence-corrected chi connectivity index (χ2v) is 11.1. The number of anilines is 2. The zero-order valence-corrected chi connectivity index (χ0v) is 22.0. The fraction of sp³-hybridized carbons (Fsp3) is 0.533. The number of para-hydroxylation sites is 1. The molecular weight excluding hydrogens is 448 g/mol. The summed E-state index contributed by atoms with van der Waals surface area (Å²) < 4.78 is 0. The minimum absolute atomic E-state index is 0.0654. The van der Waals surface area contributed by atoms with E-state index in [0.29, 0.717) is 18.6 Å². The van der Waals surface area contributed by atoms with E-state index in [2.05, 4.69) is 11.0 Å². The Hall–Kier alpha value is -2.86. The Kier molecular flexibility index (Phi) is 7.33. The van der Waals surface area contributed by atoms with Gasteiger partial charge in [0.25, 0.3) is 5.91 Å². The highest BCUT2D eigenvalue weighted by molar-refractivity contribution is 5.96. The van der Waals surface area contributed by atoms with Gasteiger partial charge in [0, 0.05) is 76.2 Å². The number of benzene rings is 2. The van der Waals surface area contributed by atoms with Crippen LogP contribution in [0.5, 0.6) is 0 Å². The van der Waals surface area contributed by atoms with Crippen molar-refractivity contribution in [2.45, 2.75) is 64.1 Å². The van der Waals surface area contributed by atoms with E-state index in [-0.39, 0.29) is 11.8 Å². The van der Waals surface area contributed by atoms with Crippen LogP contribution in [-0.2, 0) is 11.3 Å². The van der Waals surface area contributed by atoms with Crippen molar-refractivity contribution in [1.29, 1.82) is 0 Å². The van der Waals surface area contributed by atoms with E-state index in [1.807, 2.05) is 71.3 Å². The maximum Gasteiger partial charge on any atom is 0.254 e. The van der Waals surface area contributed by atoms with Gasteiger partial charge >= 0.3 is 0 Å². The molecule has 2 aliphatic heterocycles. The van der Waals surface area contributed by atoms with Crippen LogP contribution < -0.4 is 9.80 Å². The first-order chi connectivity index (χ1) is 17.4. The minimum atomic E-state index is 0.0654. The molecule has 0 spiro atoms. The van der Waals surface area contributed by atoms with Gasteiger partial charge in [-0.15, -0.1) is 0 Å². The van der Waals surface area contributed by atoms with Crippen molar-refractivity contribution in [2.24, 2.45) is 5.92 Å². The lowest BCUT2D eigenvalue weighted by Gasteiger charge is -2.44. The van der Waals surface area contributed by atoms with Crippen molar-refractivity contribution in [3.8, 4) is 0 Å². The Balaban J connectivity index is 1.54. The summed E-state index contributed by atoms with van der Waals surface area (Å²) in [5, 5.41) is 0. The third-order valence-electron chi connectivity index (χ3n) is 8.22. The van der Waals surface area contributed by atoms with Crippen LogP contribution in [-0.4, -0.2) is 67.4 Å². The van der Waals surface area contributed by atoms with Crippen LogP contribution >= 0.6 is 0 Å². The third kappa shape index (κ3) is 5.44. The molecule has 5 rings (SSSR count). The molecule has 6 nitrogen and oxygen atoms in total. The monoisotopic (exact) mass is 488 g/mol. The summed E-state index contributed by atoms with van der Waals surface area (Å²) in [6.07, 6.45) is 7.11. The predicted octanol–water partition coefficient (Wildman–Crippen LogP) is 4.78. The number of carbonyl (C=O) groups is 2. The normalized spacial score (nSPS) is 23.0. The highest BCUT2D eigenvalue weighted by Crippen LogP contribution is 2.36. The van der Waals surface area contributed by atoms with E-state index in [1.165, 1.54) is 25.7 Å². The van der Waals surface area contributed by atoms with Gasteiger partial charge < -0.3 is 14.7 Å². The summed E-state index contributed by atoms with van der Waals surface area (Å²) in [6, 6.07) is 16.9. The first kappa shape index (κ1) is 24.8. The summed E-state index contributed by atoms with van der Waals surface area (Å²) >= 11 is 0. The van der Waals surface area contributed by atoms with E-state index < -0.39 is 0 Å². The van der Waals surface area contributed by atoms with Crippen molar-refractivity contribution < 1.29 is 9.59 Å². The molecule has 2 heterocycles. The first-order valence-electron chi connectivity index (χ1n) is 13.6. The molecular formula is C30H40N4O2. The molecule has 2 amide bonds. The van der Waals surface area contributed by atoms with Gasteiger partial charge in [0.2, 0.25) is 5.91 Å². The third-order valence-corrected chi connectivity index (χ3v) is 8.22. The standard InChI is InChI=1S/C30H40N4O2/c1-22(35)33-17-16-26-10-7-12-28(34(26)19-23-14-15-23)21-32(20-25-8-4-5-13-29(25)33)30(36)24-9-6-11-27(18-24)31(2)3/h4-6,8-9,11,13,18,23,26,28H,7,10,12,14-17,19-21H2,1-3H3. The van der Waals surface area contributed by atoms with Crippen LogP contribution in [0.1, 0.15) is 61.4 Å². The molecule has 1 saturated carbocycles. The Morgan fingerprint density at radius 1 is 0.944 bits per heavy atom. The largest absolute Gasteiger partial charge is 0.378 e. The number of hydrogen-bond donors (Lipinski definition) is 0. The van der Waals surface area contributed by atoms with Crippen LogP contribution in [0.25, 0.3) is 0 Å². The summed E-state index contributed by atoms with van der Waals surface area (Å²) in [4.78, 5) is 35.6. The summed E-state index contributed by atoms with van der Waals surface area (Å²) in [7, 11) is 4.00. The van der Waals surface area contributed by atoms with Crippen LogP contribution in [0.4, 0.5) is 11.4 Å². The fourth-order valence-electron chi connectivity index (χ4n) is 6.03. The Bertz CT molecular complexity index is 1100. The molecule has 1 aliphatic carbocycles. The lowest BCUT2D eigenvalue weighted by atomic mass is 9.92. The first-order valence-corrected chi connectivity index (χ1v) is 13.6. The molecule has 2 aromatic carbocycles. The second-order valence-electron chi connectivity index (χ2n) is 11.1. The molecule has 6 heteroatoms. The number of fused-ring (bicyclic) bond motifs is 3. The number of nitrogens with zero attached hydrogens (tertiary/aromatic N) is 4. The predicted molar refractivity (Wildman–Crippen MR) is 145 cm³/mol. The second kappa shape index (κ2) is 10.6. The molecule has 2 unspecified atom stereocenters. The molecule has 192 valence electrons. The van der Waals surface area contributed by atoms with E-state index in [9.17, 15) is 9.59 Å². The maximum absolute atomic E-state index is 14.1. The molecule has 2 fully saturated rings. The van der Waals surface area contributed by atoms with Crippen molar-refractivity contribution in [2.75, 3.05) is 43.5 Å². The fourth-order valence-corrected chi connectivity index (χ4v) is 6.03. The summed E-state index contributed by atoms with van der Waals surface area (Å²) in [5.74, 6) is 0.926. The van der Waals surface area contributed by atoms with Crippen molar-refractivity contribution in [3.63, 3.8) is 0 Å². The van der Waals surface area contributed by atoms with E-state index in [4.69, 9.17) is 0 Å². The number of piperidine rings is 1. The van der Waals surface area contributed by atoms with Gasteiger partial charge in [0.05, 0.1) is 0 Å². The Morgan fingerprint density at radius 3 is 2.47 bits per heavy atom. The lowest BCUT2D eigenvalue weighted by Crippen LogP contribution is -2.53. The van der Waals surface area contributed by atoms with Gasteiger partial charge in [0.15, 0.2) is 0 Å². The zero-order valence-electron chi connectivity index (χ0n) is 22.0. The smallest absolute Gasteiger partial charge is 0.254 e. The molecule has 1 saturated heterocycles. The van der Waals surface area contributed by atoms with Gasteiger partial charge in [-0.3, -0.25) is 14.5 Å². The maximum atomic E-state index is 14.1. The van der Waals surface area contributed by atoms with E-state index in [0.717, 1.165) is 60.9 Å². The molecule has 2 bridgehead atoms. The van der Waals surface area contributed by atoms with Crippen molar-refractivity contribution in [3.05, 3.63) is 59.7 Å². The zero-order chi connectivity index (χ0) is 25.2. The van der Waals surface area contributed by atoms with Crippen LogP contribution in [0, 0.1) is 5.92 Å². The molecule has 3 aliphatic rings. The van der Waals surface area contributed by atoms with E-state index in [1.54, 1.807) is 6.92 Å². The molecule has 2 aromatic rings. The highest BCUT2D eigenvalue weighted by Gasteiger charge is 2.37. The van der Waals surface area contributed by atoms with Crippen LogP contribution in [0.15, 0.2) is 48.5 Å². The summed E-state index contributed by atoms with van der Waals surface area (Å²) in [5.41, 5.74) is 3.72. The SMILES string of the molecule is CC(=O)N1CCC2CCCC(CN(C(=O)c3cccc(N(C)C)c3)Cc3ccccc31)N2CC1CC1. The van der Waals surface area contributed by atoms with Crippen LogP contribution in [0.3, 0.4) is 0 Å². The van der Waals surface area contributed by atoms with Gasteiger partial charge in [-0.25, -0.2) is 0 Å². The van der Waals surface area contributed by atoms with E-state index >= 15 is 0 Å². The van der Waals surface area contributed by atoms with Gasteiger partial charge in [-0.2, -0.15) is 0 Å². The Labute approximate surface area is 215 Å². The Morgan fingerprint density at radius 2 is 1.72 bits per heavy atom. The number of amides is 2. The number of hydrogen-bond acceptors (Lipinski definition) is 4. The topological polar surface area (TPSA) is 47.1 Å².